The van der Waals surface area contributed by atoms with Crippen LogP contribution in [0.25, 0.3) is 16.6 Å². The highest BCUT2D eigenvalue weighted by molar-refractivity contribution is 8.00. The third kappa shape index (κ3) is 5.18. The Morgan fingerprint density at radius 1 is 0.912 bits per heavy atom. The molecule has 3 aromatic carbocycles. The van der Waals surface area contributed by atoms with Crippen LogP contribution in [-0.4, -0.2) is 26.6 Å². The first-order valence-electron chi connectivity index (χ1n) is 10.8. The maximum absolute atomic E-state index is 13.4. The van der Waals surface area contributed by atoms with Crippen LogP contribution in [-0.2, 0) is 9.59 Å². The molecule has 0 saturated carbocycles. The number of rotatable bonds is 6. The summed E-state index contributed by atoms with van der Waals surface area (Å²) in [6, 6.07) is 21.7. The van der Waals surface area contributed by atoms with Crippen molar-refractivity contribution >= 4 is 45.9 Å². The molecule has 0 saturated heterocycles. The van der Waals surface area contributed by atoms with Gasteiger partial charge in [0.15, 0.2) is 5.16 Å². The number of benzene rings is 3. The number of nitrogens with zero attached hydrogens (tertiary/aromatic N) is 2. The van der Waals surface area contributed by atoms with Gasteiger partial charge in [0.2, 0.25) is 11.8 Å². The molecule has 0 aliphatic rings. The first kappa shape index (κ1) is 23.3. The van der Waals surface area contributed by atoms with E-state index in [1.165, 1.54) is 18.7 Å². The number of hydrogen-bond acceptors (Lipinski definition) is 5. The fraction of sp³-hybridized carbons (Fsp3) is 0.154. The van der Waals surface area contributed by atoms with Crippen molar-refractivity contribution in [2.45, 2.75) is 31.2 Å². The zero-order chi connectivity index (χ0) is 24.2. The van der Waals surface area contributed by atoms with E-state index >= 15 is 0 Å². The van der Waals surface area contributed by atoms with Crippen LogP contribution in [0.3, 0.4) is 0 Å². The van der Waals surface area contributed by atoms with Gasteiger partial charge in [0, 0.05) is 18.3 Å². The summed E-state index contributed by atoms with van der Waals surface area (Å²) in [4.78, 5) is 42.2. The summed E-state index contributed by atoms with van der Waals surface area (Å²) in [6.07, 6.45) is 0. The maximum Gasteiger partial charge on any atom is 0.266 e. The summed E-state index contributed by atoms with van der Waals surface area (Å²) in [5, 5.41) is 5.99. The number of thioether (sulfide) groups is 1. The summed E-state index contributed by atoms with van der Waals surface area (Å²) in [5.41, 5.74) is 3.43. The summed E-state index contributed by atoms with van der Waals surface area (Å²) < 4.78 is 1.55. The number of anilines is 2. The van der Waals surface area contributed by atoms with Crippen molar-refractivity contribution in [2.75, 3.05) is 10.6 Å². The van der Waals surface area contributed by atoms with Gasteiger partial charge in [-0.1, -0.05) is 41.6 Å². The predicted molar refractivity (Wildman–Crippen MR) is 137 cm³/mol. The van der Waals surface area contributed by atoms with Gasteiger partial charge in [-0.3, -0.25) is 19.0 Å². The fourth-order valence-electron chi connectivity index (χ4n) is 3.41. The molecule has 0 aliphatic heterocycles. The van der Waals surface area contributed by atoms with Gasteiger partial charge in [0.05, 0.1) is 21.8 Å². The van der Waals surface area contributed by atoms with Gasteiger partial charge in [0.1, 0.15) is 0 Å². The second-order valence-corrected chi connectivity index (χ2v) is 9.20. The summed E-state index contributed by atoms with van der Waals surface area (Å²) in [6.45, 7) is 5.19. The van der Waals surface area contributed by atoms with E-state index in [-0.39, 0.29) is 17.4 Å². The minimum absolute atomic E-state index is 0.163. The van der Waals surface area contributed by atoms with Crippen molar-refractivity contribution in [1.29, 1.82) is 0 Å². The van der Waals surface area contributed by atoms with Crippen molar-refractivity contribution in [3.05, 3.63) is 88.7 Å². The van der Waals surface area contributed by atoms with Crippen molar-refractivity contribution in [1.82, 2.24) is 9.55 Å². The van der Waals surface area contributed by atoms with Gasteiger partial charge in [-0.05, 0) is 62.4 Å². The lowest BCUT2D eigenvalue weighted by Gasteiger charge is -2.17. The molecule has 1 aromatic heterocycles. The van der Waals surface area contributed by atoms with Crippen LogP contribution in [0.5, 0.6) is 0 Å². The van der Waals surface area contributed by atoms with E-state index in [2.05, 4.69) is 10.6 Å². The number of fused-ring (bicyclic) bond motifs is 1. The Kier molecular flexibility index (Phi) is 6.79. The van der Waals surface area contributed by atoms with Gasteiger partial charge in [-0.15, -0.1) is 0 Å². The first-order valence-corrected chi connectivity index (χ1v) is 11.6. The van der Waals surface area contributed by atoms with Gasteiger partial charge in [-0.25, -0.2) is 4.98 Å². The molecule has 2 N–H and O–H groups in total. The highest BCUT2D eigenvalue weighted by Gasteiger charge is 2.20. The fourth-order valence-corrected chi connectivity index (χ4v) is 4.34. The van der Waals surface area contributed by atoms with Gasteiger partial charge >= 0.3 is 0 Å². The van der Waals surface area contributed by atoms with Crippen molar-refractivity contribution in [2.24, 2.45) is 0 Å². The Morgan fingerprint density at radius 2 is 1.53 bits per heavy atom. The van der Waals surface area contributed by atoms with E-state index < -0.39 is 5.25 Å². The highest BCUT2D eigenvalue weighted by Crippen LogP contribution is 2.26. The minimum atomic E-state index is -0.528. The van der Waals surface area contributed by atoms with Crippen LogP contribution in [0.4, 0.5) is 11.4 Å². The minimum Gasteiger partial charge on any atom is -0.326 e. The van der Waals surface area contributed by atoms with Crippen LogP contribution in [0.1, 0.15) is 19.4 Å². The zero-order valence-corrected chi connectivity index (χ0v) is 19.8. The number of nitrogens with one attached hydrogen (secondary N) is 2. The van der Waals surface area contributed by atoms with Crippen LogP contribution in [0.15, 0.2) is 82.7 Å². The average Bonchev–Trinajstić information content (AvgIpc) is 2.81. The molecule has 1 heterocycles. The standard InChI is InChI=1S/C26H24N4O3S/c1-16-8-14-21(15-9-16)30-25(33)22-6-4-5-7-23(22)29-26(30)34-17(2)24(32)28-20-12-10-19(11-13-20)27-18(3)31/h4-15,17H,1-3H3,(H,27,31)(H,28,32)/t17-/m0/s1. The zero-order valence-electron chi connectivity index (χ0n) is 19.0. The quantitative estimate of drug-likeness (QED) is 0.311. The Bertz CT molecular complexity index is 1410. The van der Waals surface area contributed by atoms with E-state index in [0.29, 0.717) is 33.1 Å². The molecule has 0 unspecified atom stereocenters. The summed E-state index contributed by atoms with van der Waals surface area (Å²) in [5.74, 6) is -0.389. The molecule has 0 fully saturated rings. The van der Waals surface area contributed by atoms with E-state index in [4.69, 9.17) is 4.98 Å². The normalized spacial score (nSPS) is 11.7. The van der Waals surface area contributed by atoms with Crippen molar-refractivity contribution < 1.29 is 9.59 Å². The molecule has 0 spiro atoms. The second kappa shape index (κ2) is 9.93. The third-order valence-electron chi connectivity index (χ3n) is 5.16. The number of carbonyl (C=O) groups is 2. The molecule has 7 nitrogen and oxygen atoms in total. The maximum atomic E-state index is 13.4. The molecular weight excluding hydrogens is 448 g/mol. The highest BCUT2D eigenvalue weighted by atomic mass is 32.2. The lowest BCUT2D eigenvalue weighted by atomic mass is 10.2. The average molecular weight is 473 g/mol. The van der Waals surface area contributed by atoms with Crippen LogP contribution in [0, 0.1) is 6.92 Å². The molecule has 2 amide bonds. The molecule has 0 aliphatic carbocycles. The Hall–Kier alpha value is -3.91. The van der Waals surface area contributed by atoms with Crippen molar-refractivity contribution in [3.63, 3.8) is 0 Å². The van der Waals surface area contributed by atoms with Crippen LogP contribution in [0.2, 0.25) is 0 Å². The molecular formula is C26H24N4O3S. The van der Waals surface area contributed by atoms with Gasteiger partial charge < -0.3 is 10.6 Å². The first-order chi connectivity index (χ1) is 16.3. The Morgan fingerprint density at radius 3 is 2.18 bits per heavy atom. The lowest BCUT2D eigenvalue weighted by Crippen LogP contribution is -2.26. The molecule has 0 radical (unpaired) electrons. The molecule has 8 heteroatoms. The van der Waals surface area contributed by atoms with E-state index in [0.717, 1.165) is 5.56 Å². The molecule has 4 rings (SSSR count). The van der Waals surface area contributed by atoms with Crippen LogP contribution >= 0.6 is 11.8 Å². The number of carbonyl (C=O) groups excluding carboxylic acids is 2. The SMILES string of the molecule is CC(=O)Nc1ccc(NC(=O)[C@H](C)Sc2nc3ccccc3c(=O)n2-c2ccc(C)cc2)cc1. The van der Waals surface area contributed by atoms with Gasteiger partial charge in [-0.2, -0.15) is 0 Å². The number of amides is 2. The van der Waals surface area contributed by atoms with E-state index in [1.54, 1.807) is 47.9 Å². The van der Waals surface area contributed by atoms with Crippen molar-refractivity contribution in [3.8, 4) is 5.69 Å². The monoisotopic (exact) mass is 472 g/mol. The molecule has 172 valence electrons. The largest absolute Gasteiger partial charge is 0.326 e. The second-order valence-electron chi connectivity index (χ2n) is 7.90. The number of aromatic nitrogens is 2. The molecule has 1 atom stereocenters. The topological polar surface area (TPSA) is 93.1 Å². The summed E-state index contributed by atoms with van der Waals surface area (Å²) >= 11 is 1.22. The predicted octanol–water partition coefficient (Wildman–Crippen LogP) is 4.77. The van der Waals surface area contributed by atoms with Crippen LogP contribution < -0.4 is 16.2 Å². The Balaban J connectivity index is 1.62. The van der Waals surface area contributed by atoms with Gasteiger partial charge in [0.25, 0.3) is 5.56 Å². The van der Waals surface area contributed by atoms with E-state index in [1.807, 2.05) is 43.3 Å². The molecule has 34 heavy (non-hydrogen) atoms. The third-order valence-corrected chi connectivity index (χ3v) is 6.21. The molecule has 0 bridgehead atoms. The lowest BCUT2D eigenvalue weighted by molar-refractivity contribution is -0.115. The number of para-hydroxylation sites is 1. The number of aryl methyl sites for hydroxylation is 1. The molecule has 4 aromatic rings. The number of hydrogen-bond donors (Lipinski definition) is 2. The smallest absolute Gasteiger partial charge is 0.266 e. The Labute approximate surface area is 201 Å². The van der Waals surface area contributed by atoms with E-state index in [9.17, 15) is 14.4 Å². The summed E-state index contributed by atoms with van der Waals surface area (Å²) in [7, 11) is 0.